The van der Waals surface area contributed by atoms with Gasteiger partial charge in [-0.15, -0.1) is 0 Å². The summed E-state index contributed by atoms with van der Waals surface area (Å²) >= 11 is 0. The Morgan fingerprint density at radius 1 is 1.38 bits per heavy atom. The molecule has 4 nitrogen and oxygen atoms in total. The van der Waals surface area contributed by atoms with Crippen molar-refractivity contribution in [2.24, 2.45) is 0 Å². The summed E-state index contributed by atoms with van der Waals surface area (Å²) in [6, 6.07) is 7.19. The van der Waals surface area contributed by atoms with Crippen LogP contribution in [0.15, 0.2) is 24.3 Å². The van der Waals surface area contributed by atoms with Gasteiger partial charge in [0.05, 0.1) is 12.2 Å². The van der Waals surface area contributed by atoms with E-state index in [1.165, 1.54) is 0 Å². The molecule has 1 N–H and O–H groups in total. The summed E-state index contributed by atoms with van der Waals surface area (Å²) in [4.78, 5) is 13.5. The molecule has 0 atom stereocenters. The molecule has 0 saturated heterocycles. The fourth-order valence-corrected chi connectivity index (χ4v) is 1.26. The first-order chi connectivity index (χ1) is 7.69. The highest BCUT2D eigenvalue weighted by molar-refractivity contribution is 5.89. The summed E-state index contributed by atoms with van der Waals surface area (Å²) in [5.41, 5.74) is 1.56. The molecule has 0 aliphatic carbocycles. The molecule has 0 saturated carbocycles. The fourth-order valence-electron chi connectivity index (χ4n) is 1.26. The molecule has 4 heteroatoms. The molecule has 0 spiro atoms. The van der Waals surface area contributed by atoms with Crippen LogP contribution in [-0.2, 0) is 4.74 Å². The molecule has 1 aromatic rings. The highest BCUT2D eigenvalue weighted by Gasteiger charge is 2.06. The lowest BCUT2D eigenvalue weighted by Gasteiger charge is -2.16. The van der Waals surface area contributed by atoms with Crippen molar-refractivity contribution >= 4 is 11.7 Å². The van der Waals surface area contributed by atoms with Gasteiger partial charge in [0, 0.05) is 19.3 Å². The molecule has 0 amide bonds. The van der Waals surface area contributed by atoms with E-state index in [9.17, 15) is 4.79 Å². The standard InChI is InChI=1S/C12H17NO3/c1-3-13(2)11-6-4-10(5-7-11)12(15)16-9-8-14/h4-7,14H,3,8-9H2,1-2H3. The molecule has 0 radical (unpaired) electrons. The molecule has 0 aliphatic rings. The van der Waals surface area contributed by atoms with Crippen LogP contribution in [0, 0.1) is 0 Å². The number of rotatable bonds is 5. The van der Waals surface area contributed by atoms with Gasteiger partial charge in [-0.05, 0) is 31.2 Å². The first-order valence-corrected chi connectivity index (χ1v) is 5.28. The van der Waals surface area contributed by atoms with Crippen molar-refractivity contribution in [2.75, 3.05) is 31.7 Å². The van der Waals surface area contributed by atoms with Crippen molar-refractivity contribution in [1.29, 1.82) is 0 Å². The van der Waals surface area contributed by atoms with E-state index in [0.717, 1.165) is 12.2 Å². The number of ether oxygens (including phenoxy) is 1. The van der Waals surface area contributed by atoms with Crippen LogP contribution in [0.5, 0.6) is 0 Å². The second-order valence-electron chi connectivity index (χ2n) is 3.42. The Morgan fingerprint density at radius 3 is 2.50 bits per heavy atom. The quantitative estimate of drug-likeness (QED) is 0.764. The summed E-state index contributed by atoms with van der Waals surface area (Å²) in [5.74, 6) is -0.403. The van der Waals surface area contributed by atoms with Crippen LogP contribution in [-0.4, -0.2) is 37.9 Å². The van der Waals surface area contributed by atoms with Crippen molar-refractivity contribution in [3.8, 4) is 0 Å². The van der Waals surface area contributed by atoms with Gasteiger partial charge in [-0.3, -0.25) is 0 Å². The van der Waals surface area contributed by atoms with Crippen LogP contribution in [0.25, 0.3) is 0 Å². The van der Waals surface area contributed by atoms with Gasteiger partial charge in [0.15, 0.2) is 0 Å². The molecule has 1 aromatic carbocycles. The summed E-state index contributed by atoms with van der Waals surface area (Å²) in [5, 5.41) is 8.53. The Kier molecular flexibility index (Phi) is 4.79. The fraction of sp³-hybridized carbons (Fsp3) is 0.417. The highest BCUT2D eigenvalue weighted by atomic mass is 16.5. The van der Waals surface area contributed by atoms with E-state index in [1.807, 2.05) is 19.2 Å². The summed E-state index contributed by atoms with van der Waals surface area (Å²) in [6.07, 6.45) is 0. The Balaban J connectivity index is 2.67. The van der Waals surface area contributed by atoms with Crippen LogP contribution in [0.4, 0.5) is 5.69 Å². The van der Waals surface area contributed by atoms with E-state index < -0.39 is 5.97 Å². The zero-order chi connectivity index (χ0) is 12.0. The number of aliphatic hydroxyl groups is 1. The first-order valence-electron chi connectivity index (χ1n) is 5.28. The Labute approximate surface area is 95.5 Å². The van der Waals surface area contributed by atoms with E-state index in [2.05, 4.69) is 11.8 Å². The van der Waals surface area contributed by atoms with E-state index >= 15 is 0 Å². The molecule has 16 heavy (non-hydrogen) atoms. The van der Waals surface area contributed by atoms with Crippen LogP contribution in [0.2, 0.25) is 0 Å². The van der Waals surface area contributed by atoms with Gasteiger partial charge in [-0.1, -0.05) is 0 Å². The van der Waals surface area contributed by atoms with E-state index in [4.69, 9.17) is 9.84 Å². The average Bonchev–Trinajstić information content (AvgIpc) is 2.35. The minimum atomic E-state index is -0.403. The van der Waals surface area contributed by atoms with Gasteiger partial charge in [-0.25, -0.2) is 4.79 Å². The summed E-state index contributed by atoms with van der Waals surface area (Å²) in [6.45, 7) is 2.86. The lowest BCUT2D eigenvalue weighted by atomic mass is 10.2. The van der Waals surface area contributed by atoms with Gasteiger partial charge in [0.2, 0.25) is 0 Å². The number of nitrogens with zero attached hydrogens (tertiary/aromatic N) is 1. The largest absolute Gasteiger partial charge is 0.460 e. The van der Waals surface area contributed by atoms with E-state index in [-0.39, 0.29) is 13.2 Å². The van der Waals surface area contributed by atoms with Crippen molar-refractivity contribution in [1.82, 2.24) is 0 Å². The van der Waals surface area contributed by atoms with Gasteiger partial charge >= 0.3 is 5.97 Å². The van der Waals surface area contributed by atoms with E-state index in [0.29, 0.717) is 5.56 Å². The third-order valence-corrected chi connectivity index (χ3v) is 2.34. The van der Waals surface area contributed by atoms with E-state index in [1.54, 1.807) is 12.1 Å². The smallest absolute Gasteiger partial charge is 0.338 e. The Morgan fingerprint density at radius 2 is 2.00 bits per heavy atom. The van der Waals surface area contributed by atoms with Crippen molar-refractivity contribution in [3.63, 3.8) is 0 Å². The second kappa shape index (κ2) is 6.12. The monoisotopic (exact) mass is 223 g/mol. The maximum absolute atomic E-state index is 11.4. The number of anilines is 1. The van der Waals surface area contributed by atoms with Gasteiger partial charge < -0.3 is 14.7 Å². The number of hydrogen-bond acceptors (Lipinski definition) is 4. The van der Waals surface area contributed by atoms with Gasteiger partial charge in [0.25, 0.3) is 0 Å². The maximum atomic E-state index is 11.4. The maximum Gasteiger partial charge on any atom is 0.338 e. The van der Waals surface area contributed by atoms with Crippen molar-refractivity contribution in [2.45, 2.75) is 6.92 Å². The summed E-state index contributed by atoms with van der Waals surface area (Å²) < 4.78 is 4.80. The minimum Gasteiger partial charge on any atom is -0.460 e. The van der Waals surface area contributed by atoms with Crippen molar-refractivity contribution < 1.29 is 14.6 Å². The molecule has 0 bridgehead atoms. The number of carbonyl (C=O) groups is 1. The highest BCUT2D eigenvalue weighted by Crippen LogP contribution is 2.13. The summed E-state index contributed by atoms with van der Waals surface area (Å²) in [7, 11) is 1.99. The van der Waals surface area contributed by atoms with Crippen LogP contribution < -0.4 is 4.90 Å². The number of benzene rings is 1. The Hall–Kier alpha value is -1.55. The minimum absolute atomic E-state index is 0.0372. The predicted molar refractivity (Wildman–Crippen MR) is 62.8 cm³/mol. The molecule has 88 valence electrons. The topological polar surface area (TPSA) is 49.8 Å². The molecular formula is C12H17NO3. The zero-order valence-electron chi connectivity index (χ0n) is 9.64. The predicted octanol–water partition coefficient (Wildman–Crippen LogP) is 1.29. The third-order valence-electron chi connectivity index (χ3n) is 2.34. The van der Waals surface area contributed by atoms with Gasteiger partial charge in [0.1, 0.15) is 6.61 Å². The number of carbonyl (C=O) groups excluding carboxylic acids is 1. The average molecular weight is 223 g/mol. The Bertz CT molecular complexity index is 335. The normalized spacial score (nSPS) is 9.94. The second-order valence-corrected chi connectivity index (χ2v) is 3.42. The molecule has 0 aliphatic heterocycles. The van der Waals surface area contributed by atoms with Crippen LogP contribution >= 0.6 is 0 Å². The third kappa shape index (κ3) is 3.24. The molecule has 1 rings (SSSR count). The van der Waals surface area contributed by atoms with Crippen molar-refractivity contribution in [3.05, 3.63) is 29.8 Å². The van der Waals surface area contributed by atoms with Gasteiger partial charge in [-0.2, -0.15) is 0 Å². The SMILES string of the molecule is CCN(C)c1ccc(C(=O)OCCO)cc1. The van der Waals surface area contributed by atoms with Crippen LogP contribution in [0.3, 0.4) is 0 Å². The number of aliphatic hydroxyl groups excluding tert-OH is 1. The molecular weight excluding hydrogens is 206 g/mol. The molecule has 0 heterocycles. The molecule has 0 aromatic heterocycles. The van der Waals surface area contributed by atoms with Crippen LogP contribution in [0.1, 0.15) is 17.3 Å². The molecule has 0 unspecified atom stereocenters. The zero-order valence-corrected chi connectivity index (χ0v) is 9.64. The number of hydrogen-bond donors (Lipinski definition) is 1. The lowest BCUT2D eigenvalue weighted by molar-refractivity contribution is 0.0434. The number of esters is 1. The lowest BCUT2D eigenvalue weighted by Crippen LogP contribution is -2.16. The molecule has 0 fully saturated rings. The first kappa shape index (κ1) is 12.5.